The van der Waals surface area contributed by atoms with E-state index in [4.69, 9.17) is 9.47 Å². The fourth-order valence-electron chi connectivity index (χ4n) is 1.79. The number of carbonyl (C=O) groups is 1. The van der Waals surface area contributed by atoms with Crippen molar-refractivity contribution in [3.05, 3.63) is 60.2 Å². The molecule has 1 N–H and O–H groups in total. The summed E-state index contributed by atoms with van der Waals surface area (Å²) in [5.74, 6) is 1.36. The summed E-state index contributed by atoms with van der Waals surface area (Å²) in [5, 5.41) is 2.75. The summed E-state index contributed by atoms with van der Waals surface area (Å²) >= 11 is 0. The van der Waals surface area contributed by atoms with Crippen LogP contribution in [-0.4, -0.2) is 25.7 Å². The van der Waals surface area contributed by atoms with Gasteiger partial charge in [0.1, 0.15) is 18.1 Å². The Labute approximate surface area is 124 Å². The van der Waals surface area contributed by atoms with Crippen LogP contribution in [0.5, 0.6) is 11.5 Å². The first-order valence-electron chi connectivity index (χ1n) is 6.88. The molecule has 0 atom stereocenters. The fourth-order valence-corrected chi connectivity index (χ4v) is 1.79. The van der Waals surface area contributed by atoms with Crippen molar-refractivity contribution in [3.63, 3.8) is 0 Å². The highest BCUT2D eigenvalue weighted by atomic mass is 16.5. The van der Waals surface area contributed by atoms with Crippen LogP contribution >= 0.6 is 0 Å². The van der Waals surface area contributed by atoms with Gasteiger partial charge in [0.15, 0.2) is 6.61 Å². The number of ether oxygens (including phenoxy) is 2. The lowest BCUT2D eigenvalue weighted by atomic mass is 10.2. The molecule has 0 aliphatic carbocycles. The van der Waals surface area contributed by atoms with Crippen molar-refractivity contribution in [3.8, 4) is 11.5 Å². The Balaban J connectivity index is 1.62. The van der Waals surface area contributed by atoms with Crippen LogP contribution in [0.3, 0.4) is 0 Å². The fraction of sp³-hybridized carbons (Fsp3) is 0.235. The van der Waals surface area contributed by atoms with Crippen molar-refractivity contribution in [2.24, 2.45) is 0 Å². The second-order valence-corrected chi connectivity index (χ2v) is 4.57. The Bertz CT molecular complexity index is 569. The van der Waals surface area contributed by atoms with E-state index in [9.17, 15) is 4.79 Å². The predicted molar refractivity (Wildman–Crippen MR) is 81.6 cm³/mol. The molecule has 0 aliphatic heterocycles. The summed E-state index contributed by atoms with van der Waals surface area (Å²) < 4.78 is 10.9. The van der Waals surface area contributed by atoms with Crippen LogP contribution in [0, 0.1) is 6.92 Å². The number of amides is 1. The number of hydrogen-bond donors (Lipinski definition) is 1. The van der Waals surface area contributed by atoms with Crippen molar-refractivity contribution in [2.75, 3.05) is 19.8 Å². The van der Waals surface area contributed by atoms with Gasteiger partial charge in [-0.1, -0.05) is 36.4 Å². The number of rotatable bonds is 7. The van der Waals surface area contributed by atoms with E-state index < -0.39 is 0 Å². The molecule has 4 heteroatoms. The van der Waals surface area contributed by atoms with E-state index in [1.54, 1.807) is 0 Å². The van der Waals surface area contributed by atoms with Gasteiger partial charge in [-0.15, -0.1) is 0 Å². The van der Waals surface area contributed by atoms with Gasteiger partial charge < -0.3 is 14.8 Å². The Morgan fingerprint density at radius 2 is 1.71 bits per heavy atom. The smallest absolute Gasteiger partial charge is 0.258 e. The lowest BCUT2D eigenvalue weighted by Gasteiger charge is -2.10. The molecule has 0 aliphatic rings. The topological polar surface area (TPSA) is 47.6 Å². The van der Waals surface area contributed by atoms with Gasteiger partial charge >= 0.3 is 0 Å². The zero-order chi connectivity index (χ0) is 14.9. The monoisotopic (exact) mass is 285 g/mol. The molecule has 0 radical (unpaired) electrons. The van der Waals surface area contributed by atoms with E-state index in [2.05, 4.69) is 5.32 Å². The van der Waals surface area contributed by atoms with E-state index >= 15 is 0 Å². The standard InChI is InChI=1S/C17H19NO3/c1-14-7-5-6-10-16(14)20-12-11-18-17(19)13-21-15-8-3-2-4-9-15/h2-10H,11-13H2,1H3,(H,18,19). The number of aryl methyl sites for hydroxylation is 1. The molecule has 0 fully saturated rings. The van der Waals surface area contributed by atoms with Crippen LogP contribution in [0.1, 0.15) is 5.56 Å². The predicted octanol–water partition coefficient (Wildman–Crippen LogP) is 2.57. The maximum absolute atomic E-state index is 11.6. The molecule has 2 aromatic carbocycles. The van der Waals surface area contributed by atoms with Gasteiger partial charge in [-0.2, -0.15) is 0 Å². The van der Waals surface area contributed by atoms with Gasteiger partial charge in [0.25, 0.3) is 5.91 Å². The maximum Gasteiger partial charge on any atom is 0.258 e. The largest absolute Gasteiger partial charge is 0.491 e. The Morgan fingerprint density at radius 1 is 1.00 bits per heavy atom. The minimum absolute atomic E-state index is 0.00831. The third kappa shape index (κ3) is 5.18. The Hall–Kier alpha value is -2.49. The first-order chi connectivity index (χ1) is 10.3. The summed E-state index contributed by atoms with van der Waals surface area (Å²) in [6.45, 7) is 2.88. The van der Waals surface area contributed by atoms with Crippen LogP contribution in [-0.2, 0) is 4.79 Å². The first kappa shape index (κ1) is 14.9. The van der Waals surface area contributed by atoms with Crippen molar-refractivity contribution < 1.29 is 14.3 Å². The molecule has 0 spiro atoms. The van der Waals surface area contributed by atoms with Gasteiger partial charge in [-0.05, 0) is 30.7 Å². The van der Waals surface area contributed by atoms with Gasteiger partial charge in [0.2, 0.25) is 0 Å². The number of para-hydroxylation sites is 2. The number of carbonyl (C=O) groups excluding carboxylic acids is 1. The van der Waals surface area contributed by atoms with Crippen LogP contribution in [0.15, 0.2) is 54.6 Å². The molecule has 110 valence electrons. The minimum atomic E-state index is -0.160. The van der Waals surface area contributed by atoms with Crippen molar-refractivity contribution in [1.82, 2.24) is 5.32 Å². The zero-order valence-electron chi connectivity index (χ0n) is 12.0. The van der Waals surface area contributed by atoms with Crippen molar-refractivity contribution >= 4 is 5.91 Å². The minimum Gasteiger partial charge on any atom is -0.491 e. The molecular formula is C17H19NO3. The molecule has 0 bridgehead atoms. The Kier molecular flexibility index (Phi) is 5.64. The van der Waals surface area contributed by atoms with Crippen LogP contribution in [0.2, 0.25) is 0 Å². The molecule has 2 aromatic rings. The second kappa shape index (κ2) is 7.94. The van der Waals surface area contributed by atoms with E-state index in [1.807, 2.05) is 61.5 Å². The molecule has 0 saturated carbocycles. The van der Waals surface area contributed by atoms with E-state index in [0.29, 0.717) is 18.9 Å². The van der Waals surface area contributed by atoms with E-state index in [1.165, 1.54) is 0 Å². The second-order valence-electron chi connectivity index (χ2n) is 4.57. The molecular weight excluding hydrogens is 266 g/mol. The van der Waals surface area contributed by atoms with E-state index in [-0.39, 0.29) is 12.5 Å². The number of benzene rings is 2. The van der Waals surface area contributed by atoms with Gasteiger partial charge in [-0.25, -0.2) is 0 Å². The molecule has 21 heavy (non-hydrogen) atoms. The molecule has 0 saturated heterocycles. The highest BCUT2D eigenvalue weighted by molar-refractivity contribution is 5.77. The molecule has 0 unspecified atom stereocenters. The summed E-state index contributed by atoms with van der Waals surface area (Å²) in [4.78, 5) is 11.6. The molecule has 2 rings (SSSR count). The third-order valence-electron chi connectivity index (χ3n) is 2.89. The lowest BCUT2D eigenvalue weighted by Crippen LogP contribution is -2.32. The lowest BCUT2D eigenvalue weighted by molar-refractivity contribution is -0.123. The molecule has 4 nitrogen and oxygen atoms in total. The SMILES string of the molecule is Cc1ccccc1OCCNC(=O)COc1ccccc1. The van der Waals surface area contributed by atoms with Gasteiger partial charge in [0, 0.05) is 0 Å². The molecule has 0 aromatic heterocycles. The van der Waals surface area contributed by atoms with Gasteiger partial charge in [-0.3, -0.25) is 4.79 Å². The molecule has 0 heterocycles. The summed E-state index contributed by atoms with van der Waals surface area (Å²) in [7, 11) is 0. The zero-order valence-corrected chi connectivity index (χ0v) is 12.0. The first-order valence-corrected chi connectivity index (χ1v) is 6.88. The Morgan fingerprint density at radius 3 is 2.48 bits per heavy atom. The van der Waals surface area contributed by atoms with Crippen LogP contribution in [0.25, 0.3) is 0 Å². The van der Waals surface area contributed by atoms with E-state index in [0.717, 1.165) is 11.3 Å². The van der Waals surface area contributed by atoms with Crippen molar-refractivity contribution in [1.29, 1.82) is 0 Å². The number of hydrogen-bond acceptors (Lipinski definition) is 3. The highest BCUT2D eigenvalue weighted by Crippen LogP contribution is 2.15. The summed E-state index contributed by atoms with van der Waals surface area (Å²) in [6.07, 6.45) is 0. The van der Waals surface area contributed by atoms with Gasteiger partial charge in [0.05, 0.1) is 6.54 Å². The normalized spacial score (nSPS) is 9.95. The summed E-state index contributed by atoms with van der Waals surface area (Å²) in [6, 6.07) is 17.0. The maximum atomic E-state index is 11.6. The van der Waals surface area contributed by atoms with Crippen LogP contribution < -0.4 is 14.8 Å². The van der Waals surface area contributed by atoms with Crippen molar-refractivity contribution in [2.45, 2.75) is 6.92 Å². The number of nitrogens with one attached hydrogen (secondary N) is 1. The average Bonchev–Trinajstić information content (AvgIpc) is 2.52. The summed E-state index contributed by atoms with van der Waals surface area (Å²) in [5.41, 5.74) is 1.08. The highest BCUT2D eigenvalue weighted by Gasteiger charge is 2.02. The molecule has 1 amide bonds. The van der Waals surface area contributed by atoms with Crippen LogP contribution in [0.4, 0.5) is 0 Å². The third-order valence-corrected chi connectivity index (χ3v) is 2.89. The quantitative estimate of drug-likeness (QED) is 0.795. The average molecular weight is 285 g/mol.